The molecule has 1 nitrogen and oxygen atoms in total. The minimum absolute atomic E-state index is 0. The summed E-state index contributed by atoms with van der Waals surface area (Å²) in [6.45, 7) is 7.68. The van der Waals surface area contributed by atoms with Crippen LogP contribution in [0.15, 0.2) is 60.7 Å². The number of rotatable bonds is 4. The van der Waals surface area contributed by atoms with Crippen LogP contribution in [-0.4, -0.2) is 24.5 Å². The Hall–Kier alpha value is -0.912. The summed E-state index contributed by atoms with van der Waals surface area (Å²) in [5.41, 5.74) is 2.83. The fraction of sp³-hybridized carbons (Fsp3) is 0.350. The Morgan fingerprint density at radius 1 is 0.864 bits per heavy atom. The molecule has 0 unspecified atom stereocenters. The third kappa shape index (κ3) is 4.54. The van der Waals surface area contributed by atoms with Crippen LogP contribution in [0.3, 0.4) is 0 Å². The molecule has 2 aromatic carbocycles. The summed E-state index contributed by atoms with van der Waals surface area (Å²) in [7, 11) is 0. The molecule has 0 N–H and O–H groups in total. The fourth-order valence-corrected chi connectivity index (χ4v) is 3.20. The maximum absolute atomic E-state index is 4.20. The summed E-state index contributed by atoms with van der Waals surface area (Å²) < 4.78 is 0. The first-order valence-electron chi connectivity index (χ1n) is 7.98. The van der Waals surface area contributed by atoms with Crippen LogP contribution in [0.2, 0.25) is 0 Å². The molecule has 0 bridgehead atoms. The van der Waals surface area contributed by atoms with Gasteiger partial charge in [-0.05, 0) is 24.2 Å². The molecule has 3 rings (SSSR count). The zero-order valence-electron chi connectivity index (χ0n) is 13.0. The normalized spacial score (nSPS) is 16.5. The molecular weight excluding hydrogens is 438 g/mol. The van der Waals surface area contributed by atoms with Gasteiger partial charge in [-0.15, -0.1) is 0 Å². The molecular formula is C20H24NW-. The second kappa shape index (κ2) is 8.65. The molecule has 1 aliphatic rings. The van der Waals surface area contributed by atoms with Gasteiger partial charge in [0.2, 0.25) is 0 Å². The Bertz CT molecular complexity index is 493. The standard InChI is InChI=1S/C20H24N.W/c1-17-12-14-21(15-13-17)16-20(18-8-4-2-5-9-18)19-10-6-3-7-11-19;/h2-11,17,20H,1,12-16H2;/q-1;. The third-order valence-electron chi connectivity index (χ3n) is 4.55. The Morgan fingerprint density at radius 3 is 1.77 bits per heavy atom. The van der Waals surface area contributed by atoms with Gasteiger partial charge in [0.15, 0.2) is 0 Å². The summed E-state index contributed by atoms with van der Waals surface area (Å²) in [5, 5.41) is 0. The van der Waals surface area contributed by atoms with Crippen molar-refractivity contribution in [3.8, 4) is 0 Å². The molecule has 1 fully saturated rings. The minimum Gasteiger partial charge on any atom is -0.340 e. The number of hydrogen-bond acceptors (Lipinski definition) is 1. The van der Waals surface area contributed by atoms with Crippen molar-refractivity contribution in [1.29, 1.82) is 0 Å². The zero-order chi connectivity index (χ0) is 14.5. The summed E-state index contributed by atoms with van der Waals surface area (Å²) in [4.78, 5) is 2.60. The van der Waals surface area contributed by atoms with Gasteiger partial charge in [-0.2, -0.15) is 5.92 Å². The molecule has 0 saturated carbocycles. The van der Waals surface area contributed by atoms with Crippen molar-refractivity contribution < 1.29 is 21.1 Å². The molecule has 1 aliphatic heterocycles. The Morgan fingerprint density at radius 2 is 1.32 bits per heavy atom. The van der Waals surface area contributed by atoms with Crippen LogP contribution in [0.4, 0.5) is 0 Å². The first-order chi connectivity index (χ1) is 10.3. The van der Waals surface area contributed by atoms with Crippen LogP contribution in [0, 0.1) is 12.8 Å². The molecule has 2 heteroatoms. The number of likely N-dealkylation sites (tertiary alicyclic amines) is 1. The van der Waals surface area contributed by atoms with Gasteiger partial charge in [0, 0.05) is 33.5 Å². The van der Waals surface area contributed by atoms with Crippen LogP contribution >= 0.6 is 0 Å². The van der Waals surface area contributed by atoms with Crippen molar-refractivity contribution in [3.05, 3.63) is 78.7 Å². The van der Waals surface area contributed by atoms with Gasteiger partial charge >= 0.3 is 0 Å². The maximum atomic E-state index is 4.20. The van der Waals surface area contributed by atoms with E-state index < -0.39 is 0 Å². The van der Waals surface area contributed by atoms with Crippen LogP contribution in [0.5, 0.6) is 0 Å². The first-order valence-corrected chi connectivity index (χ1v) is 7.98. The number of nitrogens with zero attached hydrogens (tertiary/aromatic N) is 1. The predicted molar refractivity (Wildman–Crippen MR) is 89.2 cm³/mol. The average molecular weight is 462 g/mol. The Balaban J connectivity index is 0.00000176. The molecule has 116 valence electrons. The van der Waals surface area contributed by atoms with Crippen molar-refractivity contribution in [1.82, 2.24) is 4.90 Å². The van der Waals surface area contributed by atoms with Gasteiger partial charge in [0.1, 0.15) is 0 Å². The number of benzene rings is 2. The molecule has 0 radical (unpaired) electrons. The van der Waals surface area contributed by atoms with Gasteiger partial charge < -0.3 is 11.8 Å². The van der Waals surface area contributed by atoms with Gasteiger partial charge in [-0.3, -0.25) is 0 Å². The van der Waals surface area contributed by atoms with E-state index >= 15 is 0 Å². The van der Waals surface area contributed by atoms with Crippen molar-refractivity contribution in [2.24, 2.45) is 5.92 Å². The summed E-state index contributed by atoms with van der Waals surface area (Å²) in [6.07, 6.45) is 2.46. The SMILES string of the molecule is [CH2-]C1CCN(CC(c2ccccc2)c2ccccc2)CC1.[W]. The fourth-order valence-electron chi connectivity index (χ4n) is 3.20. The molecule has 0 aliphatic carbocycles. The third-order valence-corrected chi connectivity index (χ3v) is 4.55. The van der Waals surface area contributed by atoms with E-state index in [4.69, 9.17) is 0 Å². The number of piperidine rings is 1. The maximum Gasteiger partial charge on any atom is 0.0217 e. The number of hydrogen-bond donors (Lipinski definition) is 0. The largest absolute Gasteiger partial charge is 0.340 e. The first kappa shape index (κ1) is 17.4. The van der Waals surface area contributed by atoms with Crippen LogP contribution < -0.4 is 0 Å². The summed E-state index contributed by atoms with van der Waals surface area (Å²) in [6, 6.07) is 21.8. The molecule has 0 atom stereocenters. The van der Waals surface area contributed by atoms with E-state index in [9.17, 15) is 0 Å². The Kier molecular flexibility index (Phi) is 6.86. The van der Waals surface area contributed by atoms with Crippen LogP contribution in [-0.2, 0) is 21.1 Å². The monoisotopic (exact) mass is 462 g/mol. The topological polar surface area (TPSA) is 3.24 Å². The second-order valence-electron chi connectivity index (χ2n) is 6.12. The van der Waals surface area contributed by atoms with E-state index in [1.165, 1.54) is 37.1 Å². The van der Waals surface area contributed by atoms with E-state index in [-0.39, 0.29) is 21.1 Å². The molecule has 22 heavy (non-hydrogen) atoms. The molecule has 2 aromatic rings. The molecule has 0 spiro atoms. The molecule has 1 heterocycles. The summed E-state index contributed by atoms with van der Waals surface area (Å²) in [5.74, 6) is 1.11. The molecule has 0 amide bonds. The van der Waals surface area contributed by atoms with E-state index in [2.05, 4.69) is 72.5 Å². The van der Waals surface area contributed by atoms with E-state index in [1.807, 2.05) is 0 Å². The summed E-state index contributed by atoms with van der Waals surface area (Å²) >= 11 is 0. The van der Waals surface area contributed by atoms with E-state index in [0.29, 0.717) is 11.8 Å². The predicted octanol–water partition coefficient (Wildman–Crippen LogP) is 4.36. The van der Waals surface area contributed by atoms with E-state index in [0.717, 1.165) is 6.54 Å². The van der Waals surface area contributed by atoms with Gasteiger partial charge in [0.05, 0.1) is 0 Å². The van der Waals surface area contributed by atoms with Crippen molar-refractivity contribution in [3.63, 3.8) is 0 Å². The van der Waals surface area contributed by atoms with Crippen molar-refractivity contribution in [2.75, 3.05) is 19.6 Å². The molecule has 0 aromatic heterocycles. The quantitative estimate of drug-likeness (QED) is 0.611. The van der Waals surface area contributed by atoms with Gasteiger partial charge in [-0.1, -0.05) is 73.5 Å². The van der Waals surface area contributed by atoms with Crippen molar-refractivity contribution >= 4 is 0 Å². The Labute approximate surface area is 149 Å². The van der Waals surface area contributed by atoms with E-state index in [1.54, 1.807) is 0 Å². The zero-order valence-corrected chi connectivity index (χ0v) is 16.0. The minimum atomic E-state index is 0. The van der Waals surface area contributed by atoms with Crippen molar-refractivity contribution in [2.45, 2.75) is 18.8 Å². The second-order valence-corrected chi connectivity index (χ2v) is 6.12. The van der Waals surface area contributed by atoms with Crippen LogP contribution in [0.1, 0.15) is 29.9 Å². The van der Waals surface area contributed by atoms with Gasteiger partial charge in [0.25, 0.3) is 0 Å². The average Bonchev–Trinajstić information content (AvgIpc) is 2.56. The smallest absolute Gasteiger partial charge is 0.0217 e. The van der Waals surface area contributed by atoms with Crippen LogP contribution in [0.25, 0.3) is 0 Å². The molecule has 1 saturated heterocycles. The van der Waals surface area contributed by atoms with Gasteiger partial charge in [-0.25, -0.2) is 0 Å².